The quantitative estimate of drug-likeness (QED) is 0.418. The summed E-state index contributed by atoms with van der Waals surface area (Å²) in [5.41, 5.74) is 5.87. The van der Waals surface area contributed by atoms with E-state index in [1.165, 1.54) is 5.57 Å². The highest BCUT2D eigenvalue weighted by molar-refractivity contribution is 5.77. The Hall–Kier alpha value is -0.810. The molecular weight excluding hydrogens is 146 g/mol. The van der Waals surface area contributed by atoms with Crippen molar-refractivity contribution in [3.05, 3.63) is 16.9 Å². The summed E-state index contributed by atoms with van der Waals surface area (Å²) in [4.78, 5) is 3.93. The van der Waals surface area contributed by atoms with Gasteiger partial charge in [0.1, 0.15) is 0 Å². The summed E-state index contributed by atoms with van der Waals surface area (Å²) in [6, 6.07) is 0. The molecule has 0 aliphatic heterocycles. The van der Waals surface area contributed by atoms with Crippen LogP contribution in [0.2, 0.25) is 0 Å². The molecule has 0 unspecified atom stereocenters. The average molecular weight is 165 g/mol. The molecule has 0 heterocycles. The van der Waals surface area contributed by atoms with Gasteiger partial charge in [0, 0.05) is 18.8 Å². The van der Waals surface area contributed by atoms with Crippen molar-refractivity contribution in [2.75, 3.05) is 7.05 Å². The minimum Gasteiger partial charge on any atom is -0.296 e. The van der Waals surface area contributed by atoms with E-state index < -0.39 is 0 Å². The molecule has 0 radical (unpaired) electrons. The molecule has 12 heavy (non-hydrogen) atoms. The van der Waals surface area contributed by atoms with Gasteiger partial charge in [-0.2, -0.15) is 0 Å². The number of allylic oxidation sites excluding steroid dienone is 1. The van der Waals surface area contributed by atoms with Crippen LogP contribution in [0.25, 0.3) is 0 Å². The monoisotopic (exact) mass is 165 g/mol. The van der Waals surface area contributed by atoms with Crippen LogP contribution in [0.3, 0.4) is 0 Å². The second-order valence-electron chi connectivity index (χ2n) is 4.07. The van der Waals surface area contributed by atoms with Crippen LogP contribution in [0.4, 0.5) is 0 Å². The van der Waals surface area contributed by atoms with Crippen molar-refractivity contribution >= 4 is 6.21 Å². The summed E-state index contributed by atoms with van der Waals surface area (Å²) in [6.45, 7) is 10.7. The highest BCUT2D eigenvalue weighted by Gasteiger charge is 2.11. The predicted octanol–water partition coefficient (Wildman–Crippen LogP) is 3.22. The van der Waals surface area contributed by atoms with E-state index in [4.69, 9.17) is 0 Å². The molecule has 0 bridgehead atoms. The maximum Gasteiger partial charge on any atom is 0.0315 e. The number of hydrogen-bond acceptors (Lipinski definition) is 1. The Morgan fingerprint density at radius 1 is 1.25 bits per heavy atom. The van der Waals surface area contributed by atoms with Crippen LogP contribution < -0.4 is 0 Å². The third-order valence-corrected chi connectivity index (χ3v) is 1.83. The average Bonchev–Trinajstić information content (AvgIpc) is 1.85. The van der Waals surface area contributed by atoms with E-state index in [1.807, 2.05) is 13.1 Å². The fraction of sp³-hybridized carbons (Fsp3) is 0.636. The van der Waals surface area contributed by atoms with Crippen molar-refractivity contribution in [3.8, 4) is 0 Å². The first-order valence-corrected chi connectivity index (χ1v) is 4.24. The molecule has 1 nitrogen and oxygen atoms in total. The number of nitrogens with zero attached hydrogens (tertiary/aromatic N) is 1. The van der Waals surface area contributed by atoms with E-state index in [2.05, 4.69) is 38.4 Å². The van der Waals surface area contributed by atoms with Gasteiger partial charge in [-0.1, -0.05) is 20.8 Å². The van der Waals surface area contributed by atoms with E-state index in [0.717, 1.165) is 5.57 Å². The van der Waals surface area contributed by atoms with Crippen LogP contribution in [-0.2, 0) is 0 Å². The van der Waals surface area contributed by atoms with Gasteiger partial charge in [-0.3, -0.25) is 4.99 Å². The third kappa shape index (κ3) is 4.15. The molecular formula is C11H19N. The zero-order valence-corrected chi connectivity index (χ0v) is 9.02. The Morgan fingerprint density at radius 2 is 1.75 bits per heavy atom. The van der Waals surface area contributed by atoms with Gasteiger partial charge < -0.3 is 0 Å². The van der Waals surface area contributed by atoms with Gasteiger partial charge in [0.15, 0.2) is 0 Å². The SMILES string of the molecule is C/N=C\C(C)=C=C(C)C(C)(C)C. The normalized spacial score (nSPS) is 11.5. The predicted molar refractivity (Wildman–Crippen MR) is 55.8 cm³/mol. The molecule has 0 rings (SSSR count). The van der Waals surface area contributed by atoms with Crippen LogP contribution in [-0.4, -0.2) is 13.3 Å². The van der Waals surface area contributed by atoms with Crippen molar-refractivity contribution in [2.45, 2.75) is 34.6 Å². The maximum atomic E-state index is 3.93. The molecule has 0 aliphatic carbocycles. The molecule has 0 saturated carbocycles. The summed E-state index contributed by atoms with van der Waals surface area (Å²) in [5.74, 6) is 0. The highest BCUT2D eigenvalue weighted by Crippen LogP contribution is 2.23. The van der Waals surface area contributed by atoms with Gasteiger partial charge in [0.05, 0.1) is 0 Å². The Morgan fingerprint density at radius 3 is 2.08 bits per heavy atom. The van der Waals surface area contributed by atoms with E-state index >= 15 is 0 Å². The standard InChI is InChI=1S/C11H19N/c1-9(8-12-6)7-10(2)11(3,4)5/h8H,1-6H3/b12-8-. The minimum atomic E-state index is 0.211. The summed E-state index contributed by atoms with van der Waals surface area (Å²) in [5, 5.41) is 0. The van der Waals surface area contributed by atoms with Gasteiger partial charge in [0.2, 0.25) is 0 Å². The molecule has 0 saturated heterocycles. The van der Waals surface area contributed by atoms with Crippen LogP contribution in [0.1, 0.15) is 34.6 Å². The lowest BCUT2D eigenvalue weighted by atomic mass is 9.88. The molecule has 1 heteroatoms. The van der Waals surface area contributed by atoms with E-state index in [-0.39, 0.29) is 5.41 Å². The maximum absolute atomic E-state index is 3.93. The first-order chi connectivity index (χ1) is 5.38. The van der Waals surface area contributed by atoms with Gasteiger partial charge in [-0.15, -0.1) is 5.73 Å². The topological polar surface area (TPSA) is 12.4 Å². The van der Waals surface area contributed by atoms with Crippen molar-refractivity contribution in [2.24, 2.45) is 10.4 Å². The Labute approximate surface area is 75.9 Å². The Balaban J connectivity index is 4.87. The number of aliphatic imine (C=N–C) groups is 1. The first-order valence-electron chi connectivity index (χ1n) is 4.24. The Kier molecular flexibility index (Phi) is 3.99. The van der Waals surface area contributed by atoms with Crippen LogP contribution >= 0.6 is 0 Å². The van der Waals surface area contributed by atoms with Crippen molar-refractivity contribution in [1.82, 2.24) is 0 Å². The third-order valence-electron chi connectivity index (χ3n) is 1.83. The summed E-state index contributed by atoms with van der Waals surface area (Å²) in [6.07, 6.45) is 1.83. The number of rotatable bonds is 1. The highest BCUT2D eigenvalue weighted by atomic mass is 14.6. The molecule has 0 amide bonds. The molecule has 0 aromatic rings. The van der Waals surface area contributed by atoms with Gasteiger partial charge in [-0.05, 0) is 24.8 Å². The van der Waals surface area contributed by atoms with Gasteiger partial charge >= 0.3 is 0 Å². The lowest BCUT2D eigenvalue weighted by Crippen LogP contribution is -2.05. The van der Waals surface area contributed by atoms with Crippen LogP contribution in [0, 0.1) is 5.41 Å². The van der Waals surface area contributed by atoms with E-state index in [0.29, 0.717) is 0 Å². The second kappa shape index (κ2) is 4.27. The molecule has 0 spiro atoms. The zero-order chi connectivity index (χ0) is 9.78. The largest absolute Gasteiger partial charge is 0.296 e. The molecule has 0 aromatic heterocycles. The van der Waals surface area contributed by atoms with E-state index in [1.54, 1.807) is 7.05 Å². The lowest BCUT2D eigenvalue weighted by Gasteiger charge is -2.16. The molecule has 0 N–H and O–H groups in total. The molecule has 68 valence electrons. The van der Waals surface area contributed by atoms with Crippen molar-refractivity contribution < 1.29 is 0 Å². The fourth-order valence-electron chi connectivity index (χ4n) is 0.709. The van der Waals surface area contributed by atoms with E-state index in [9.17, 15) is 0 Å². The van der Waals surface area contributed by atoms with Crippen molar-refractivity contribution in [3.63, 3.8) is 0 Å². The zero-order valence-electron chi connectivity index (χ0n) is 9.02. The molecule has 0 fully saturated rings. The Bertz CT molecular complexity index is 232. The lowest BCUT2D eigenvalue weighted by molar-refractivity contribution is 0.505. The summed E-state index contributed by atoms with van der Waals surface area (Å²) in [7, 11) is 1.78. The fourth-order valence-corrected chi connectivity index (χ4v) is 0.709. The van der Waals surface area contributed by atoms with Crippen LogP contribution in [0.5, 0.6) is 0 Å². The van der Waals surface area contributed by atoms with Gasteiger partial charge in [-0.25, -0.2) is 0 Å². The summed E-state index contributed by atoms with van der Waals surface area (Å²) < 4.78 is 0. The minimum absolute atomic E-state index is 0.211. The molecule has 0 aliphatic rings. The molecule has 0 aromatic carbocycles. The second-order valence-corrected chi connectivity index (χ2v) is 4.07. The number of hydrogen-bond donors (Lipinski definition) is 0. The summed E-state index contributed by atoms with van der Waals surface area (Å²) >= 11 is 0. The van der Waals surface area contributed by atoms with Crippen molar-refractivity contribution in [1.29, 1.82) is 0 Å². The first kappa shape index (κ1) is 11.2. The molecule has 0 atom stereocenters. The van der Waals surface area contributed by atoms with Gasteiger partial charge in [0.25, 0.3) is 0 Å². The smallest absolute Gasteiger partial charge is 0.0315 e. The van der Waals surface area contributed by atoms with Crippen LogP contribution in [0.15, 0.2) is 21.9 Å².